The van der Waals surface area contributed by atoms with Crippen molar-refractivity contribution in [2.45, 2.75) is 76.7 Å². The summed E-state index contributed by atoms with van der Waals surface area (Å²) in [6.07, 6.45) is 9.23. The summed E-state index contributed by atoms with van der Waals surface area (Å²) in [4.78, 5) is 0. The van der Waals surface area contributed by atoms with Crippen LogP contribution in [0.15, 0.2) is 72.8 Å². The molecule has 3 heterocycles. The minimum absolute atomic E-state index is 0.139. The molecule has 3 aromatic rings. The van der Waals surface area contributed by atoms with Crippen molar-refractivity contribution >= 4 is 31.6 Å². The first-order chi connectivity index (χ1) is 19.8. The van der Waals surface area contributed by atoms with Gasteiger partial charge in [0, 0.05) is 0 Å². The maximum absolute atomic E-state index is 6.12. The molecule has 3 saturated heterocycles. The van der Waals surface area contributed by atoms with Crippen molar-refractivity contribution in [1.29, 1.82) is 0 Å². The van der Waals surface area contributed by atoms with E-state index < -0.39 is 21.8 Å². The Bertz CT molecular complexity index is 1010. The van der Waals surface area contributed by atoms with Gasteiger partial charge in [0.1, 0.15) is 0 Å². The summed E-state index contributed by atoms with van der Waals surface area (Å²) in [5.41, 5.74) is 0. The fourth-order valence-electron chi connectivity index (χ4n) is 5.34. The van der Waals surface area contributed by atoms with Crippen molar-refractivity contribution in [2.24, 2.45) is 0 Å². The number of hydrogen-bond acceptors (Lipinski definition) is 6. The normalized spacial score (nSPS) is 23.5. The molecule has 212 valence electrons. The molecule has 0 spiro atoms. The first-order valence-electron chi connectivity index (χ1n) is 14.8. The summed E-state index contributed by atoms with van der Waals surface area (Å²) < 4.78 is 39.9. The van der Waals surface area contributed by atoms with E-state index in [1.807, 2.05) is 0 Å². The third-order valence-corrected chi connectivity index (χ3v) is 17.0. The molecule has 6 nitrogen and oxygen atoms in total. The Labute approximate surface area is 245 Å². The fraction of sp³-hybridized carbons (Fsp3) is 0.455. The molecule has 3 aromatic carbocycles. The van der Waals surface area contributed by atoms with Gasteiger partial charge in [-0.15, -0.1) is 0 Å². The summed E-state index contributed by atoms with van der Waals surface area (Å²) in [5, 5.41) is 0. The monoisotopic (exact) mass is 740 g/mol. The van der Waals surface area contributed by atoms with Gasteiger partial charge in [0.05, 0.1) is 0 Å². The topological polar surface area (TPSA) is 55.4 Å². The molecule has 3 fully saturated rings. The molecule has 3 atom stereocenters. The van der Waals surface area contributed by atoms with Crippen molar-refractivity contribution in [1.82, 2.24) is 0 Å². The average molecular weight is 741 g/mol. The van der Waals surface area contributed by atoms with Crippen LogP contribution in [-0.4, -0.2) is 60.4 Å². The molecule has 7 heteroatoms. The van der Waals surface area contributed by atoms with Gasteiger partial charge >= 0.3 is 247 Å². The Morgan fingerprint density at radius 2 is 0.725 bits per heavy atom. The van der Waals surface area contributed by atoms with E-state index in [2.05, 4.69) is 72.8 Å². The quantitative estimate of drug-likeness (QED) is 0.291. The van der Waals surface area contributed by atoms with Crippen LogP contribution < -0.4 is 24.0 Å². The van der Waals surface area contributed by atoms with E-state index in [0.717, 1.165) is 94.9 Å². The van der Waals surface area contributed by atoms with Gasteiger partial charge in [-0.1, -0.05) is 0 Å². The first-order valence-corrected chi connectivity index (χ1v) is 20.0. The Morgan fingerprint density at radius 1 is 0.425 bits per heavy atom. The standard InChI is InChI=1S/3C11H13O2.Bi/c3*1-2-6-10(7-3-1)13-11-8-4-5-9-12-11;/h3*2-3,6-7,11H,4-5,8-9H2;. The molecule has 0 aliphatic carbocycles. The van der Waals surface area contributed by atoms with Crippen LogP contribution in [-0.2, 0) is 14.2 Å². The molecule has 0 amide bonds. The second kappa shape index (κ2) is 14.1. The van der Waals surface area contributed by atoms with Crippen molar-refractivity contribution in [3.8, 4) is 17.2 Å². The predicted octanol–water partition coefficient (Wildman–Crippen LogP) is 4.92. The second-order valence-corrected chi connectivity index (χ2v) is 19.2. The van der Waals surface area contributed by atoms with Crippen LogP contribution in [0.4, 0.5) is 0 Å². The van der Waals surface area contributed by atoms with Gasteiger partial charge in [-0.05, 0) is 0 Å². The summed E-state index contributed by atoms with van der Waals surface area (Å²) in [6.45, 7) is 2.33. The van der Waals surface area contributed by atoms with Crippen LogP contribution in [0.1, 0.15) is 57.8 Å². The van der Waals surface area contributed by atoms with Crippen LogP contribution >= 0.6 is 0 Å². The minimum atomic E-state index is -2.61. The third kappa shape index (κ3) is 7.56. The Hall–Kier alpha value is -2.18. The number of rotatable bonds is 9. The van der Waals surface area contributed by atoms with E-state index in [-0.39, 0.29) is 18.9 Å². The van der Waals surface area contributed by atoms with Gasteiger partial charge in [-0.25, -0.2) is 0 Å². The molecule has 0 aromatic heterocycles. The van der Waals surface area contributed by atoms with E-state index in [1.165, 1.54) is 9.81 Å². The van der Waals surface area contributed by atoms with E-state index in [0.29, 0.717) is 0 Å². The molecule has 3 aliphatic heterocycles. The molecule has 0 bridgehead atoms. The summed E-state index contributed by atoms with van der Waals surface area (Å²) in [5.74, 6) is 2.60. The van der Waals surface area contributed by atoms with Gasteiger partial charge in [0.2, 0.25) is 0 Å². The van der Waals surface area contributed by atoms with Gasteiger partial charge < -0.3 is 0 Å². The fourth-order valence-corrected chi connectivity index (χ4v) is 14.0. The van der Waals surface area contributed by atoms with Gasteiger partial charge in [0.15, 0.2) is 0 Å². The zero-order chi connectivity index (χ0) is 27.0. The van der Waals surface area contributed by atoms with E-state index in [1.54, 1.807) is 0 Å². The summed E-state index contributed by atoms with van der Waals surface area (Å²) in [6, 6.07) is 26.1. The Morgan fingerprint density at radius 3 is 0.975 bits per heavy atom. The van der Waals surface area contributed by atoms with Crippen molar-refractivity contribution in [3.63, 3.8) is 0 Å². The Kier molecular flexibility index (Phi) is 9.88. The van der Waals surface area contributed by atoms with Crippen LogP contribution in [0, 0.1) is 0 Å². The zero-order valence-corrected chi connectivity index (χ0v) is 26.5. The molecule has 0 saturated carbocycles. The summed E-state index contributed by atoms with van der Waals surface area (Å²) in [7, 11) is 0. The number of benzene rings is 3. The molecule has 3 aliphatic rings. The van der Waals surface area contributed by atoms with Gasteiger partial charge in [0.25, 0.3) is 0 Å². The molecule has 0 N–H and O–H groups in total. The maximum atomic E-state index is 6.12. The van der Waals surface area contributed by atoms with E-state index in [9.17, 15) is 0 Å². The van der Waals surface area contributed by atoms with Crippen molar-refractivity contribution in [2.75, 3.05) is 19.8 Å². The molecular weight excluding hydrogens is 701 g/mol. The van der Waals surface area contributed by atoms with Crippen LogP contribution in [0.25, 0.3) is 0 Å². The van der Waals surface area contributed by atoms with Gasteiger partial charge in [-0.2, -0.15) is 0 Å². The average Bonchev–Trinajstić information content (AvgIpc) is 3.01. The SMILES string of the molecule is c1c[c]([Bi]([c]2ccc(OC3CCCCO3)cc2)[c]2ccc(OC3CCCCO3)cc2)ccc1OC1CCCCO1. The van der Waals surface area contributed by atoms with E-state index >= 15 is 0 Å². The molecule has 3 unspecified atom stereocenters. The molecule has 6 rings (SSSR count). The predicted molar refractivity (Wildman–Crippen MR) is 157 cm³/mol. The molecule has 0 radical (unpaired) electrons. The van der Waals surface area contributed by atoms with Crippen molar-refractivity contribution < 1.29 is 28.4 Å². The van der Waals surface area contributed by atoms with Crippen LogP contribution in [0.2, 0.25) is 0 Å². The number of ether oxygens (including phenoxy) is 6. The third-order valence-electron chi connectivity index (χ3n) is 7.50. The first kappa shape index (κ1) is 28.0. The van der Waals surface area contributed by atoms with E-state index in [4.69, 9.17) is 28.4 Å². The number of hydrogen-bond donors (Lipinski definition) is 0. The molecular formula is C33H39BiO6. The zero-order valence-electron chi connectivity index (χ0n) is 23.0. The van der Waals surface area contributed by atoms with Crippen LogP contribution in [0.5, 0.6) is 17.2 Å². The Balaban J connectivity index is 1.21. The molecule has 40 heavy (non-hydrogen) atoms. The second-order valence-electron chi connectivity index (χ2n) is 10.6. The van der Waals surface area contributed by atoms with Crippen molar-refractivity contribution in [3.05, 3.63) is 72.8 Å². The summed E-state index contributed by atoms with van der Waals surface area (Å²) >= 11 is -2.61. The van der Waals surface area contributed by atoms with Crippen LogP contribution in [0.3, 0.4) is 0 Å². The van der Waals surface area contributed by atoms with Gasteiger partial charge in [-0.3, -0.25) is 0 Å².